The molecule has 0 spiro atoms. The summed E-state index contributed by atoms with van der Waals surface area (Å²) < 4.78 is 5.80. The maximum atomic E-state index is 10.0. The van der Waals surface area contributed by atoms with Crippen molar-refractivity contribution in [2.75, 3.05) is 18.5 Å². The molecule has 3 nitrogen and oxygen atoms in total. The Bertz CT molecular complexity index is 413. The van der Waals surface area contributed by atoms with Crippen molar-refractivity contribution in [2.45, 2.75) is 58.2 Å². The first-order chi connectivity index (χ1) is 9.65. The minimum absolute atomic E-state index is 0.360. The second-order valence-electron chi connectivity index (χ2n) is 5.95. The fraction of sp³-hybridized carbons (Fsp3) is 0.647. The zero-order chi connectivity index (χ0) is 14.4. The predicted molar refractivity (Wildman–Crippen MR) is 83.2 cm³/mol. The van der Waals surface area contributed by atoms with Crippen molar-refractivity contribution in [2.24, 2.45) is 0 Å². The second-order valence-corrected chi connectivity index (χ2v) is 5.95. The van der Waals surface area contributed by atoms with Crippen LogP contribution in [0.2, 0.25) is 0 Å². The third-order valence-corrected chi connectivity index (χ3v) is 4.00. The second kappa shape index (κ2) is 7.65. The van der Waals surface area contributed by atoms with Crippen LogP contribution in [0.4, 0.5) is 5.69 Å². The van der Waals surface area contributed by atoms with Gasteiger partial charge in [-0.25, -0.2) is 0 Å². The van der Waals surface area contributed by atoms with Crippen LogP contribution in [0.3, 0.4) is 0 Å². The van der Waals surface area contributed by atoms with Crippen LogP contribution < -0.4 is 5.32 Å². The van der Waals surface area contributed by atoms with E-state index in [9.17, 15) is 5.11 Å². The molecule has 0 radical (unpaired) electrons. The molecule has 0 heterocycles. The molecular weight excluding hydrogens is 250 g/mol. The topological polar surface area (TPSA) is 41.5 Å². The Morgan fingerprint density at radius 2 is 2.00 bits per heavy atom. The van der Waals surface area contributed by atoms with Crippen LogP contribution in [0.15, 0.2) is 18.2 Å². The standard InChI is InChI=1S/C17H27NO2/c1-13-8-9-14(2)17(10-13)18-11-15(19)12-20-16-6-4-3-5-7-16/h8-10,15-16,18-19H,3-7,11-12H2,1-2H3. The van der Waals surface area contributed by atoms with Crippen molar-refractivity contribution in [3.05, 3.63) is 29.3 Å². The highest BCUT2D eigenvalue weighted by atomic mass is 16.5. The molecule has 0 aliphatic heterocycles. The zero-order valence-electron chi connectivity index (χ0n) is 12.7. The summed E-state index contributed by atoms with van der Waals surface area (Å²) in [4.78, 5) is 0. The molecule has 1 aliphatic carbocycles. The summed E-state index contributed by atoms with van der Waals surface area (Å²) in [6.07, 6.45) is 6.07. The lowest BCUT2D eigenvalue weighted by Gasteiger charge is -2.23. The third kappa shape index (κ3) is 4.80. The van der Waals surface area contributed by atoms with Gasteiger partial charge < -0.3 is 15.2 Å². The fourth-order valence-corrected chi connectivity index (χ4v) is 2.69. The van der Waals surface area contributed by atoms with Gasteiger partial charge in [0.1, 0.15) is 0 Å². The van der Waals surface area contributed by atoms with Crippen molar-refractivity contribution >= 4 is 5.69 Å². The molecule has 1 aromatic rings. The van der Waals surface area contributed by atoms with E-state index < -0.39 is 6.10 Å². The van der Waals surface area contributed by atoms with Crippen LogP contribution in [-0.2, 0) is 4.74 Å². The first-order valence-corrected chi connectivity index (χ1v) is 7.76. The molecule has 1 atom stereocenters. The monoisotopic (exact) mass is 277 g/mol. The highest BCUT2D eigenvalue weighted by Gasteiger charge is 2.15. The number of aryl methyl sites for hydroxylation is 2. The van der Waals surface area contributed by atoms with Crippen LogP contribution in [0.5, 0.6) is 0 Å². The summed E-state index contributed by atoms with van der Waals surface area (Å²) in [5, 5.41) is 13.3. The molecule has 1 fully saturated rings. The lowest BCUT2D eigenvalue weighted by Crippen LogP contribution is -2.28. The summed E-state index contributed by atoms with van der Waals surface area (Å²) in [5.74, 6) is 0. The SMILES string of the molecule is Cc1ccc(C)c(NCC(O)COC2CCCCC2)c1. The van der Waals surface area contributed by atoms with Gasteiger partial charge in [-0.15, -0.1) is 0 Å². The van der Waals surface area contributed by atoms with Crippen molar-refractivity contribution in [1.29, 1.82) is 0 Å². The molecular formula is C17H27NO2. The Hall–Kier alpha value is -1.06. The molecule has 20 heavy (non-hydrogen) atoms. The summed E-state index contributed by atoms with van der Waals surface area (Å²) in [6, 6.07) is 6.32. The van der Waals surface area contributed by atoms with E-state index in [1.54, 1.807) is 0 Å². The van der Waals surface area contributed by atoms with Gasteiger partial charge in [-0.05, 0) is 43.9 Å². The molecule has 0 amide bonds. The Kier molecular flexibility index (Phi) is 5.86. The van der Waals surface area contributed by atoms with Gasteiger partial charge in [0, 0.05) is 12.2 Å². The first kappa shape index (κ1) is 15.3. The maximum Gasteiger partial charge on any atom is 0.0945 e. The zero-order valence-corrected chi connectivity index (χ0v) is 12.7. The lowest BCUT2D eigenvalue weighted by atomic mass is 9.98. The number of nitrogens with one attached hydrogen (secondary N) is 1. The Morgan fingerprint density at radius 3 is 2.75 bits per heavy atom. The Labute approximate surface area is 122 Å². The highest BCUT2D eigenvalue weighted by Crippen LogP contribution is 2.20. The van der Waals surface area contributed by atoms with Gasteiger partial charge in [0.2, 0.25) is 0 Å². The van der Waals surface area contributed by atoms with Gasteiger partial charge in [-0.2, -0.15) is 0 Å². The number of aliphatic hydroxyl groups excluding tert-OH is 1. The van der Waals surface area contributed by atoms with Crippen molar-refractivity contribution in [3.8, 4) is 0 Å². The van der Waals surface area contributed by atoms with Gasteiger partial charge in [-0.1, -0.05) is 31.4 Å². The van der Waals surface area contributed by atoms with Crippen molar-refractivity contribution < 1.29 is 9.84 Å². The molecule has 2 N–H and O–H groups in total. The average Bonchev–Trinajstić information content (AvgIpc) is 2.47. The quantitative estimate of drug-likeness (QED) is 0.837. The number of benzene rings is 1. The van der Waals surface area contributed by atoms with Crippen LogP contribution in [0.25, 0.3) is 0 Å². The predicted octanol–water partition coefficient (Wildman–Crippen LogP) is 3.43. The van der Waals surface area contributed by atoms with Crippen LogP contribution in [0, 0.1) is 13.8 Å². The van der Waals surface area contributed by atoms with E-state index in [1.807, 2.05) is 0 Å². The summed E-state index contributed by atoms with van der Waals surface area (Å²) in [7, 11) is 0. The van der Waals surface area contributed by atoms with E-state index in [0.717, 1.165) is 18.5 Å². The molecule has 1 unspecified atom stereocenters. The minimum Gasteiger partial charge on any atom is -0.389 e. The molecule has 112 valence electrons. The maximum absolute atomic E-state index is 10.0. The molecule has 1 aliphatic rings. The largest absolute Gasteiger partial charge is 0.389 e. The van der Waals surface area contributed by atoms with Gasteiger partial charge in [0.05, 0.1) is 18.8 Å². The average molecular weight is 277 g/mol. The fourth-order valence-electron chi connectivity index (χ4n) is 2.69. The van der Waals surface area contributed by atoms with Crippen LogP contribution >= 0.6 is 0 Å². The molecule has 0 saturated heterocycles. The number of anilines is 1. The molecule has 1 aromatic carbocycles. The molecule has 1 saturated carbocycles. The summed E-state index contributed by atoms with van der Waals surface area (Å²) in [5.41, 5.74) is 3.53. The number of ether oxygens (including phenoxy) is 1. The first-order valence-electron chi connectivity index (χ1n) is 7.76. The van der Waals surface area contributed by atoms with Crippen molar-refractivity contribution in [1.82, 2.24) is 0 Å². The van der Waals surface area contributed by atoms with E-state index in [2.05, 4.69) is 37.4 Å². The van der Waals surface area contributed by atoms with Crippen molar-refractivity contribution in [3.63, 3.8) is 0 Å². The minimum atomic E-state index is -0.447. The molecule has 3 heteroatoms. The van der Waals surface area contributed by atoms with E-state index in [-0.39, 0.29) is 0 Å². The highest BCUT2D eigenvalue weighted by molar-refractivity contribution is 5.52. The summed E-state index contributed by atoms with van der Waals surface area (Å²) in [6.45, 7) is 5.12. The third-order valence-electron chi connectivity index (χ3n) is 4.00. The number of aliphatic hydroxyl groups is 1. The lowest BCUT2D eigenvalue weighted by molar-refractivity contribution is -0.0195. The molecule has 0 bridgehead atoms. The van der Waals surface area contributed by atoms with Gasteiger partial charge >= 0.3 is 0 Å². The van der Waals surface area contributed by atoms with Gasteiger partial charge in [0.25, 0.3) is 0 Å². The van der Waals surface area contributed by atoms with E-state index in [0.29, 0.717) is 19.3 Å². The Balaban J connectivity index is 1.71. The van der Waals surface area contributed by atoms with E-state index in [4.69, 9.17) is 4.74 Å². The normalized spacial score (nSPS) is 17.9. The van der Waals surface area contributed by atoms with Crippen LogP contribution in [-0.4, -0.2) is 30.5 Å². The number of hydrogen-bond donors (Lipinski definition) is 2. The van der Waals surface area contributed by atoms with E-state index in [1.165, 1.54) is 30.4 Å². The van der Waals surface area contributed by atoms with E-state index >= 15 is 0 Å². The van der Waals surface area contributed by atoms with Gasteiger partial charge in [0.15, 0.2) is 0 Å². The van der Waals surface area contributed by atoms with Gasteiger partial charge in [-0.3, -0.25) is 0 Å². The molecule has 2 rings (SSSR count). The van der Waals surface area contributed by atoms with Crippen LogP contribution in [0.1, 0.15) is 43.2 Å². The Morgan fingerprint density at radius 1 is 1.25 bits per heavy atom. The summed E-state index contributed by atoms with van der Waals surface area (Å²) >= 11 is 0. The number of rotatable bonds is 6. The smallest absolute Gasteiger partial charge is 0.0945 e. The molecule has 0 aromatic heterocycles. The number of hydrogen-bond acceptors (Lipinski definition) is 3.